The van der Waals surface area contributed by atoms with Gasteiger partial charge < -0.3 is 10.1 Å². The van der Waals surface area contributed by atoms with Crippen molar-refractivity contribution in [1.29, 1.82) is 0 Å². The maximum atomic E-state index is 13.1. The number of nitrogens with one attached hydrogen (secondary N) is 1. The van der Waals surface area contributed by atoms with Gasteiger partial charge in [0.05, 0.1) is 11.0 Å². The molecule has 7 heteroatoms. The molecule has 26 heavy (non-hydrogen) atoms. The van der Waals surface area contributed by atoms with E-state index in [1.54, 1.807) is 31.2 Å². The van der Waals surface area contributed by atoms with Crippen molar-refractivity contribution in [2.45, 2.75) is 26.8 Å². The number of benzene rings is 2. The lowest BCUT2D eigenvalue weighted by Crippen LogP contribution is -2.35. The van der Waals surface area contributed by atoms with E-state index in [0.717, 1.165) is 5.56 Å². The van der Waals surface area contributed by atoms with E-state index in [1.165, 1.54) is 18.2 Å². The normalized spacial score (nSPS) is 11.9. The van der Waals surface area contributed by atoms with Gasteiger partial charge in [0.25, 0.3) is 5.91 Å². The number of halogens is 1. The number of nitro benzene ring substituents is 1. The highest BCUT2D eigenvalue weighted by Crippen LogP contribution is 2.30. The molecule has 1 atom stereocenters. The summed E-state index contributed by atoms with van der Waals surface area (Å²) in [6, 6.07) is 10.3. The summed E-state index contributed by atoms with van der Waals surface area (Å²) in [5.41, 5.74) is 1.08. The van der Waals surface area contributed by atoms with Crippen molar-refractivity contribution in [3.05, 3.63) is 69.5 Å². The van der Waals surface area contributed by atoms with Gasteiger partial charge >= 0.3 is 5.69 Å². The Kier molecular flexibility index (Phi) is 6.27. The molecule has 2 aromatic carbocycles. The summed E-state index contributed by atoms with van der Waals surface area (Å²) in [5, 5.41) is 14.0. The second-order valence-electron chi connectivity index (χ2n) is 6.31. The zero-order chi connectivity index (χ0) is 19.3. The molecular weight excluding hydrogens is 339 g/mol. The fraction of sp³-hybridized carbons (Fsp3) is 0.316. The Labute approximate surface area is 151 Å². The molecule has 138 valence electrons. The van der Waals surface area contributed by atoms with Gasteiger partial charge in [0.1, 0.15) is 5.82 Å². The van der Waals surface area contributed by atoms with E-state index in [2.05, 4.69) is 5.32 Å². The van der Waals surface area contributed by atoms with Crippen LogP contribution >= 0.6 is 0 Å². The first-order chi connectivity index (χ1) is 12.3. The van der Waals surface area contributed by atoms with Crippen molar-refractivity contribution in [3.8, 4) is 5.75 Å². The monoisotopic (exact) mass is 360 g/mol. The van der Waals surface area contributed by atoms with E-state index in [0.29, 0.717) is 5.56 Å². The van der Waals surface area contributed by atoms with Crippen molar-refractivity contribution in [2.24, 2.45) is 5.92 Å². The number of ether oxygens (including phenoxy) is 1. The molecule has 1 unspecified atom stereocenters. The van der Waals surface area contributed by atoms with Crippen LogP contribution in [0.4, 0.5) is 10.1 Å². The first-order valence-electron chi connectivity index (χ1n) is 8.21. The van der Waals surface area contributed by atoms with Crippen LogP contribution in [0.3, 0.4) is 0 Å². The second kappa shape index (κ2) is 8.42. The van der Waals surface area contributed by atoms with Crippen LogP contribution in [0.1, 0.15) is 31.0 Å². The summed E-state index contributed by atoms with van der Waals surface area (Å²) < 4.78 is 18.5. The summed E-state index contributed by atoms with van der Waals surface area (Å²) in [6.45, 7) is 5.12. The van der Waals surface area contributed by atoms with E-state index >= 15 is 0 Å². The van der Waals surface area contributed by atoms with E-state index < -0.39 is 10.8 Å². The molecule has 0 aromatic heterocycles. The third-order valence-electron chi connectivity index (χ3n) is 3.95. The largest absolute Gasteiger partial charge is 0.477 e. The third-order valence-corrected chi connectivity index (χ3v) is 3.95. The highest BCUT2D eigenvalue weighted by molar-refractivity contribution is 5.78. The number of rotatable bonds is 7. The lowest BCUT2D eigenvalue weighted by atomic mass is 9.96. The Morgan fingerprint density at radius 3 is 2.46 bits per heavy atom. The minimum Gasteiger partial charge on any atom is -0.477 e. The predicted octanol–water partition coefficient (Wildman–Crippen LogP) is 3.93. The molecule has 1 N–H and O–H groups in total. The van der Waals surface area contributed by atoms with Crippen LogP contribution in [0.5, 0.6) is 5.75 Å². The lowest BCUT2D eigenvalue weighted by molar-refractivity contribution is -0.386. The maximum absolute atomic E-state index is 13.1. The van der Waals surface area contributed by atoms with Gasteiger partial charge in [-0.15, -0.1) is 0 Å². The highest BCUT2D eigenvalue weighted by atomic mass is 19.1. The quantitative estimate of drug-likeness (QED) is 0.599. The van der Waals surface area contributed by atoms with Gasteiger partial charge in [-0.25, -0.2) is 4.39 Å². The SMILES string of the molecule is Cc1cccc(OCC(=O)NC(c2ccc(F)cc2)C(C)C)c1[N+](=O)[O-]. The average Bonchev–Trinajstić information content (AvgIpc) is 2.58. The van der Waals surface area contributed by atoms with E-state index in [4.69, 9.17) is 4.74 Å². The average molecular weight is 360 g/mol. The molecular formula is C19H21FN2O4. The number of amides is 1. The van der Waals surface area contributed by atoms with Gasteiger partial charge in [0.2, 0.25) is 0 Å². The standard InChI is InChI=1S/C19H21FN2O4/c1-12(2)18(14-7-9-15(20)10-8-14)21-17(23)11-26-16-6-4-5-13(3)19(16)22(24)25/h4-10,12,18H,11H2,1-3H3,(H,21,23). The van der Waals surface area contributed by atoms with Gasteiger partial charge in [-0.2, -0.15) is 0 Å². The van der Waals surface area contributed by atoms with Crippen molar-refractivity contribution < 1.29 is 18.8 Å². The molecule has 0 fully saturated rings. The molecule has 6 nitrogen and oxygen atoms in total. The number of carbonyl (C=O) groups excluding carboxylic acids is 1. The molecule has 2 rings (SSSR count). The van der Waals surface area contributed by atoms with E-state index in [9.17, 15) is 19.3 Å². The van der Waals surface area contributed by atoms with Crippen molar-refractivity contribution in [2.75, 3.05) is 6.61 Å². The number of para-hydroxylation sites is 1. The number of nitrogens with zero attached hydrogens (tertiary/aromatic N) is 1. The van der Waals surface area contributed by atoms with Gasteiger partial charge in [0, 0.05) is 5.56 Å². The molecule has 0 radical (unpaired) electrons. The molecule has 0 spiro atoms. The minimum absolute atomic E-state index is 0.0491. The smallest absolute Gasteiger partial charge is 0.313 e. The molecule has 0 bridgehead atoms. The Hall–Kier alpha value is -2.96. The Morgan fingerprint density at radius 1 is 1.23 bits per heavy atom. The van der Waals surface area contributed by atoms with Crippen LogP contribution in [-0.2, 0) is 4.79 Å². The maximum Gasteiger partial charge on any atom is 0.313 e. The second-order valence-corrected chi connectivity index (χ2v) is 6.31. The predicted molar refractivity (Wildman–Crippen MR) is 95.5 cm³/mol. The molecule has 2 aromatic rings. The molecule has 0 aliphatic rings. The lowest BCUT2D eigenvalue weighted by Gasteiger charge is -2.23. The Morgan fingerprint density at radius 2 is 1.88 bits per heavy atom. The summed E-state index contributed by atoms with van der Waals surface area (Å²) >= 11 is 0. The van der Waals surface area contributed by atoms with Crippen LogP contribution < -0.4 is 10.1 Å². The van der Waals surface area contributed by atoms with Crippen LogP contribution in [0, 0.1) is 28.8 Å². The molecule has 0 heterocycles. The summed E-state index contributed by atoms with van der Waals surface area (Å²) in [5.74, 6) is -0.646. The summed E-state index contributed by atoms with van der Waals surface area (Å²) in [6.07, 6.45) is 0. The van der Waals surface area contributed by atoms with E-state index in [-0.39, 0.29) is 35.8 Å². The van der Waals surface area contributed by atoms with Crippen molar-refractivity contribution in [3.63, 3.8) is 0 Å². The molecule has 1 amide bonds. The zero-order valence-corrected chi connectivity index (χ0v) is 14.9. The van der Waals surface area contributed by atoms with Crippen LogP contribution in [0.15, 0.2) is 42.5 Å². The molecule has 0 aliphatic carbocycles. The minimum atomic E-state index is -0.530. The van der Waals surface area contributed by atoms with Gasteiger partial charge in [-0.05, 0) is 36.6 Å². The topological polar surface area (TPSA) is 81.5 Å². The van der Waals surface area contributed by atoms with Gasteiger partial charge in [-0.1, -0.05) is 38.1 Å². The zero-order valence-electron chi connectivity index (χ0n) is 14.9. The van der Waals surface area contributed by atoms with E-state index in [1.807, 2.05) is 13.8 Å². The number of aryl methyl sites for hydroxylation is 1. The van der Waals surface area contributed by atoms with Crippen molar-refractivity contribution in [1.82, 2.24) is 5.32 Å². The molecule has 0 saturated heterocycles. The van der Waals surface area contributed by atoms with Crippen LogP contribution in [0.25, 0.3) is 0 Å². The fourth-order valence-corrected chi connectivity index (χ4v) is 2.65. The Bertz CT molecular complexity index is 791. The number of nitro groups is 1. The van der Waals surface area contributed by atoms with Crippen molar-refractivity contribution >= 4 is 11.6 Å². The number of hydrogen-bond donors (Lipinski definition) is 1. The number of carbonyl (C=O) groups is 1. The summed E-state index contributed by atoms with van der Waals surface area (Å²) in [7, 11) is 0. The van der Waals surface area contributed by atoms with Gasteiger partial charge in [-0.3, -0.25) is 14.9 Å². The highest BCUT2D eigenvalue weighted by Gasteiger charge is 2.21. The number of hydrogen-bond acceptors (Lipinski definition) is 4. The molecule has 0 saturated carbocycles. The summed E-state index contributed by atoms with van der Waals surface area (Å²) in [4.78, 5) is 22.9. The first kappa shape index (κ1) is 19.4. The third kappa shape index (κ3) is 4.78. The van der Waals surface area contributed by atoms with Gasteiger partial charge in [0.15, 0.2) is 12.4 Å². The van der Waals surface area contributed by atoms with Crippen LogP contribution in [0.2, 0.25) is 0 Å². The Balaban J connectivity index is 2.07. The first-order valence-corrected chi connectivity index (χ1v) is 8.21. The van der Waals surface area contributed by atoms with Crippen LogP contribution in [-0.4, -0.2) is 17.4 Å². The fourth-order valence-electron chi connectivity index (χ4n) is 2.65. The molecule has 0 aliphatic heterocycles.